The lowest BCUT2D eigenvalue weighted by Crippen LogP contribution is -2.38. The molecule has 112 valence electrons. The van der Waals surface area contributed by atoms with Crippen LogP contribution in [0.4, 0.5) is 0 Å². The van der Waals surface area contributed by atoms with Crippen molar-refractivity contribution in [3.05, 3.63) is 17.1 Å². The molecular weight excluding hydrogens is 302 g/mol. The van der Waals surface area contributed by atoms with Crippen molar-refractivity contribution < 1.29 is 22.7 Å². The first kappa shape index (κ1) is 15.4. The van der Waals surface area contributed by atoms with Crippen LogP contribution in [0.2, 0.25) is 0 Å². The van der Waals surface area contributed by atoms with Crippen LogP contribution in [0.15, 0.2) is 9.31 Å². The molecule has 1 aliphatic rings. The molecule has 1 atom stereocenters. The number of sulfonamides is 1. The van der Waals surface area contributed by atoms with Gasteiger partial charge in [0.25, 0.3) is 0 Å². The third kappa shape index (κ3) is 3.02. The lowest BCUT2D eigenvalue weighted by molar-refractivity contribution is 0.0691. The minimum Gasteiger partial charge on any atom is -0.478 e. The van der Waals surface area contributed by atoms with Crippen molar-refractivity contribution in [2.45, 2.75) is 37.6 Å². The van der Waals surface area contributed by atoms with Crippen molar-refractivity contribution >= 4 is 27.8 Å². The zero-order valence-electron chi connectivity index (χ0n) is 11.3. The number of carbonyl (C=O) groups is 1. The molecule has 1 aromatic rings. The Morgan fingerprint density at radius 3 is 2.65 bits per heavy atom. The Labute approximate surface area is 122 Å². The Morgan fingerprint density at radius 2 is 2.10 bits per heavy atom. The lowest BCUT2D eigenvalue weighted by atomic mass is 10.2. The summed E-state index contributed by atoms with van der Waals surface area (Å²) in [6.07, 6.45) is 1.72. The molecule has 8 heteroatoms. The molecule has 0 aliphatic carbocycles. The Hall–Kier alpha value is -0.990. The van der Waals surface area contributed by atoms with E-state index >= 15 is 0 Å². The summed E-state index contributed by atoms with van der Waals surface area (Å²) in [7, 11) is -3.88. The highest BCUT2D eigenvalue weighted by Crippen LogP contribution is 2.27. The first-order chi connectivity index (χ1) is 9.33. The van der Waals surface area contributed by atoms with Crippen LogP contribution in [0.1, 0.15) is 34.7 Å². The number of aryl methyl sites for hydroxylation is 2. The molecule has 2 N–H and O–H groups in total. The summed E-state index contributed by atoms with van der Waals surface area (Å²) in [4.78, 5) is 11.0. The van der Waals surface area contributed by atoms with E-state index in [1.165, 1.54) is 13.8 Å². The van der Waals surface area contributed by atoms with Gasteiger partial charge in [-0.3, -0.25) is 0 Å². The molecule has 0 bridgehead atoms. The smallest absolute Gasteiger partial charge is 0.340 e. The van der Waals surface area contributed by atoms with Crippen molar-refractivity contribution in [2.24, 2.45) is 0 Å². The molecule has 0 saturated carbocycles. The number of furan rings is 1. The first-order valence-electron chi connectivity index (χ1n) is 6.26. The Bertz CT molecular complexity index is 614. The van der Waals surface area contributed by atoms with E-state index in [-0.39, 0.29) is 28.0 Å². The van der Waals surface area contributed by atoms with E-state index in [0.29, 0.717) is 5.75 Å². The molecule has 1 aliphatic heterocycles. The third-order valence-corrected chi connectivity index (χ3v) is 6.06. The predicted octanol–water partition coefficient (Wildman–Crippen LogP) is 1.77. The largest absolute Gasteiger partial charge is 0.478 e. The fourth-order valence-electron chi connectivity index (χ4n) is 2.35. The molecule has 2 rings (SSSR count). The minimum absolute atomic E-state index is 0.105. The van der Waals surface area contributed by atoms with E-state index in [4.69, 9.17) is 4.42 Å². The van der Waals surface area contributed by atoms with Crippen LogP contribution < -0.4 is 4.72 Å². The number of nitrogens with one attached hydrogen (secondary N) is 1. The number of thioether (sulfide) groups is 1. The van der Waals surface area contributed by atoms with Crippen molar-refractivity contribution in [2.75, 3.05) is 11.5 Å². The monoisotopic (exact) mass is 319 g/mol. The standard InChI is InChI=1S/C12H17NO5S2/c1-7-10(12(14)15)11(8(2)18-7)20(16,17)13-9-4-3-5-19-6-9/h9,13H,3-6H2,1-2H3,(H,14,15). The van der Waals surface area contributed by atoms with Crippen LogP contribution in [0.25, 0.3) is 0 Å². The van der Waals surface area contributed by atoms with E-state index in [2.05, 4.69) is 4.72 Å². The number of carboxylic acid groups (broad SMARTS) is 1. The lowest BCUT2D eigenvalue weighted by Gasteiger charge is -2.22. The van der Waals surface area contributed by atoms with Gasteiger partial charge in [-0.25, -0.2) is 17.9 Å². The minimum atomic E-state index is -3.88. The third-order valence-electron chi connectivity index (χ3n) is 3.17. The van der Waals surface area contributed by atoms with E-state index in [1.807, 2.05) is 0 Å². The Balaban J connectivity index is 2.36. The Morgan fingerprint density at radius 1 is 1.40 bits per heavy atom. The van der Waals surface area contributed by atoms with Gasteiger partial charge in [-0.2, -0.15) is 11.8 Å². The SMILES string of the molecule is Cc1oc(C)c(S(=O)(=O)NC2CCCSC2)c1C(=O)O. The number of rotatable bonds is 4. The zero-order valence-corrected chi connectivity index (χ0v) is 12.9. The molecule has 2 heterocycles. The highest BCUT2D eigenvalue weighted by Gasteiger charge is 2.32. The van der Waals surface area contributed by atoms with Gasteiger partial charge in [0, 0.05) is 11.8 Å². The molecule has 1 saturated heterocycles. The van der Waals surface area contributed by atoms with Crippen LogP contribution in [0.5, 0.6) is 0 Å². The average molecular weight is 319 g/mol. The summed E-state index contributed by atoms with van der Waals surface area (Å²) >= 11 is 1.69. The molecule has 0 radical (unpaired) electrons. The van der Waals surface area contributed by atoms with Crippen molar-refractivity contribution in [3.8, 4) is 0 Å². The van der Waals surface area contributed by atoms with Gasteiger partial charge in [-0.1, -0.05) is 0 Å². The van der Waals surface area contributed by atoms with Crippen LogP contribution >= 0.6 is 11.8 Å². The zero-order chi connectivity index (χ0) is 14.9. The maximum absolute atomic E-state index is 12.4. The average Bonchev–Trinajstić information content (AvgIpc) is 2.65. The summed E-state index contributed by atoms with van der Waals surface area (Å²) in [6, 6.07) is -0.157. The maximum atomic E-state index is 12.4. The van der Waals surface area contributed by atoms with Gasteiger partial charge in [0.2, 0.25) is 10.0 Å². The molecule has 0 spiro atoms. The number of hydrogen-bond donors (Lipinski definition) is 2. The van der Waals surface area contributed by atoms with E-state index in [9.17, 15) is 18.3 Å². The van der Waals surface area contributed by atoms with Gasteiger partial charge >= 0.3 is 5.97 Å². The molecule has 0 amide bonds. The quantitative estimate of drug-likeness (QED) is 0.878. The van der Waals surface area contributed by atoms with Crippen LogP contribution in [0, 0.1) is 13.8 Å². The molecule has 0 aromatic carbocycles. The molecule has 1 aromatic heterocycles. The van der Waals surface area contributed by atoms with Crippen LogP contribution in [-0.2, 0) is 10.0 Å². The molecule has 1 unspecified atom stereocenters. The summed E-state index contributed by atoms with van der Waals surface area (Å²) in [5.41, 5.74) is -0.279. The van der Waals surface area contributed by atoms with Gasteiger partial charge in [0.05, 0.1) is 0 Å². The fraction of sp³-hybridized carbons (Fsp3) is 0.583. The second kappa shape index (κ2) is 5.79. The van der Waals surface area contributed by atoms with Gasteiger partial charge in [-0.15, -0.1) is 0 Å². The normalized spacial score (nSPS) is 20.0. The molecule has 1 fully saturated rings. The molecular formula is C12H17NO5S2. The van der Waals surface area contributed by atoms with Crippen LogP contribution in [0.3, 0.4) is 0 Å². The van der Waals surface area contributed by atoms with Gasteiger partial charge in [-0.05, 0) is 32.4 Å². The second-order valence-electron chi connectivity index (χ2n) is 4.76. The van der Waals surface area contributed by atoms with E-state index in [0.717, 1.165) is 18.6 Å². The first-order valence-corrected chi connectivity index (χ1v) is 8.90. The van der Waals surface area contributed by atoms with Crippen molar-refractivity contribution in [1.29, 1.82) is 0 Å². The van der Waals surface area contributed by atoms with E-state index in [1.54, 1.807) is 11.8 Å². The summed E-state index contributed by atoms with van der Waals surface area (Å²) in [5.74, 6) is 0.655. The molecule has 6 nitrogen and oxygen atoms in total. The number of hydrogen-bond acceptors (Lipinski definition) is 5. The summed E-state index contributed by atoms with van der Waals surface area (Å²) in [5, 5.41) is 9.17. The number of aromatic carboxylic acids is 1. The van der Waals surface area contributed by atoms with Gasteiger partial charge < -0.3 is 9.52 Å². The summed E-state index contributed by atoms with van der Waals surface area (Å²) < 4.78 is 32.6. The van der Waals surface area contributed by atoms with Gasteiger partial charge in [0.15, 0.2) is 0 Å². The fourth-order valence-corrected chi connectivity index (χ4v) is 5.20. The highest BCUT2D eigenvalue weighted by molar-refractivity contribution is 7.99. The van der Waals surface area contributed by atoms with Crippen LogP contribution in [-0.4, -0.2) is 37.0 Å². The van der Waals surface area contributed by atoms with Gasteiger partial charge in [0.1, 0.15) is 22.0 Å². The molecule has 20 heavy (non-hydrogen) atoms. The number of carboxylic acids is 1. The summed E-state index contributed by atoms with van der Waals surface area (Å²) in [6.45, 7) is 2.91. The second-order valence-corrected chi connectivity index (χ2v) is 7.56. The maximum Gasteiger partial charge on any atom is 0.340 e. The Kier molecular flexibility index (Phi) is 4.46. The predicted molar refractivity (Wildman–Crippen MR) is 75.8 cm³/mol. The van der Waals surface area contributed by atoms with E-state index < -0.39 is 16.0 Å². The van der Waals surface area contributed by atoms with Crippen molar-refractivity contribution in [1.82, 2.24) is 4.72 Å². The topological polar surface area (TPSA) is 96.6 Å². The highest BCUT2D eigenvalue weighted by atomic mass is 32.2. The van der Waals surface area contributed by atoms with Crippen molar-refractivity contribution in [3.63, 3.8) is 0 Å².